The lowest BCUT2D eigenvalue weighted by Gasteiger charge is -2.07. The fourth-order valence-corrected chi connectivity index (χ4v) is 3.69. The Kier molecular flexibility index (Phi) is 4.28. The average molecular weight is 399 g/mol. The maximum absolute atomic E-state index is 13.2. The third-order valence-corrected chi connectivity index (χ3v) is 5.23. The van der Waals surface area contributed by atoms with Crippen LogP contribution in [0, 0.1) is 0 Å². The molecular weight excluding hydrogens is 380 g/mol. The van der Waals surface area contributed by atoms with Crippen LogP contribution in [0.5, 0.6) is 0 Å². The first kappa shape index (κ1) is 18.1. The number of rotatable bonds is 4. The molecule has 1 aliphatic heterocycles. The molecular formula is C23H19N4O3+. The summed E-state index contributed by atoms with van der Waals surface area (Å²) in [6, 6.07) is 16.2. The number of fused-ring (bicyclic) bond motifs is 1. The summed E-state index contributed by atoms with van der Waals surface area (Å²) in [4.78, 5) is 30.8. The zero-order chi connectivity index (χ0) is 20.7. The van der Waals surface area contributed by atoms with Crippen LogP contribution in [0.1, 0.15) is 10.6 Å². The Balaban J connectivity index is 1.68. The highest BCUT2D eigenvalue weighted by atomic mass is 16.3. The highest BCUT2D eigenvalue weighted by molar-refractivity contribution is 5.86. The van der Waals surface area contributed by atoms with Crippen molar-refractivity contribution in [1.82, 2.24) is 9.55 Å². The van der Waals surface area contributed by atoms with E-state index in [1.54, 1.807) is 48.5 Å². The largest absolute Gasteiger partial charge is 0.469 e. The van der Waals surface area contributed by atoms with Gasteiger partial charge in [-0.1, -0.05) is 30.3 Å². The minimum atomic E-state index is -0.504. The molecule has 30 heavy (non-hydrogen) atoms. The Hall–Kier alpha value is -4.00. The van der Waals surface area contributed by atoms with E-state index in [2.05, 4.69) is 5.32 Å². The topological polar surface area (TPSA) is 81.0 Å². The first-order valence-electron chi connectivity index (χ1n) is 9.63. The van der Waals surface area contributed by atoms with E-state index in [1.165, 1.54) is 4.57 Å². The summed E-state index contributed by atoms with van der Waals surface area (Å²) in [5.41, 5.74) is 2.19. The zero-order valence-corrected chi connectivity index (χ0v) is 16.3. The summed E-state index contributed by atoms with van der Waals surface area (Å²) in [6.45, 7) is 0. The molecule has 1 aromatic carbocycles. The van der Waals surface area contributed by atoms with Crippen LogP contribution in [0.25, 0.3) is 22.5 Å². The van der Waals surface area contributed by atoms with Gasteiger partial charge in [0.1, 0.15) is 17.7 Å². The number of carbonyl (C=O) groups is 1. The number of aromatic nitrogens is 3. The lowest BCUT2D eigenvalue weighted by Crippen LogP contribution is -2.44. The Morgan fingerprint density at radius 1 is 1.10 bits per heavy atom. The molecule has 7 heteroatoms. The predicted octanol–water partition coefficient (Wildman–Crippen LogP) is 2.67. The first-order valence-corrected chi connectivity index (χ1v) is 9.63. The van der Waals surface area contributed by atoms with Crippen LogP contribution >= 0.6 is 0 Å². The van der Waals surface area contributed by atoms with Crippen LogP contribution in [-0.2, 0) is 13.5 Å². The smallest absolute Gasteiger partial charge is 0.359 e. The number of furan rings is 1. The van der Waals surface area contributed by atoms with E-state index in [4.69, 9.17) is 9.40 Å². The summed E-state index contributed by atoms with van der Waals surface area (Å²) >= 11 is 0. The molecule has 0 bridgehead atoms. The molecule has 0 radical (unpaired) electrons. The average Bonchev–Trinajstić information content (AvgIpc) is 3.39. The monoisotopic (exact) mass is 399 g/mol. The van der Waals surface area contributed by atoms with Crippen molar-refractivity contribution < 1.29 is 13.8 Å². The second kappa shape index (κ2) is 7.11. The van der Waals surface area contributed by atoms with Crippen molar-refractivity contribution in [3.05, 3.63) is 89.4 Å². The van der Waals surface area contributed by atoms with E-state index in [-0.39, 0.29) is 11.5 Å². The molecule has 5 rings (SSSR count). The number of hydrogen-bond donors (Lipinski definition) is 1. The molecule has 0 saturated carbocycles. The molecule has 3 aromatic heterocycles. The summed E-state index contributed by atoms with van der Waals surface area (Å²) < 4.78 is 8.48. The number of nitrogens with zero attached hydrogens (tertiary/aromatic N) is 3. The highest BCUT2D eigenvalue weighted by Crippen LogP contribution is 2.28. The summed E-state index contributed by atoms with van der Waals surface area (Å²) in [7, 11) is 1.69. The molecule has 4 aromatic rings. The number of pyridine rings is 1. The highest BCUT2D eigenvalue weighted by Gasteiger charge is 2.42. The van der Waals surface area contributed by atoms with Crippen molar-refractivity contribution in [2.75, 3.05) is 5.32 Å². The van der Waals surface area contributed by atoms with Gasteiger partial charge in [-0.2, -0.15) is 4.57 Å². The van der Waals surface area contributed by atoms with Crippen LogP contribution < -0.4 is 15.4 Å². The lowest BCUT2D eigenvalue weighted by atomic mass is 10.1. The van der Waals surface area contributed by atoms with E-state index in [1.807, 2.05) is 36.4 Å². The van der Waals surface area contributed by atoms with Crippen molar-refractivity contribution >= 4 is 11.7 Å². The molecule has 0 amide bonds. The second-order valence-corrected chi connectivity index (χ2v) is 7.22. The van der Waals surface area contributed by atoms with Crippen LogP contribution in [0.15, 0.2) is 82.5 Å². The summed E-state index contributed by atoms with van der Waals surface area (Å²) in [5, 5.41) is 3.26. The lowest BCUT2D eigenvalue weighted by molar-refractivity contribution is -0.551. The third kappa shape index (κ3) is 3.00. The van der Waals surface area contributed by atoms with Crippen LogP contribution in [-0.4, -0.2) is 21.5 Å². The van der Waals surface area contributed by atoms with E-state index >= 15 is 0 Å². The maximum atomic E-state index is 13.2. The molecule has 0 aliphatic carbocycles. The number of anilines is 1. The standard InChI is InChI=1S/C23H18N4O3/c1-26-11-5-10-17(22(26)28)20-21-25-18(13-16-9-6-12-30-16)23(29)27(21)14-19(24-20)15-7-3-2-4-8-15/h2-12,14,18H,13H2,1H3/p+1. The quantitative estimate of drug-likeness (QED) is 0.534. The molecule has 1 atom stereocenters. The number of benzene rings is 1. The Bertz CT molecular complexity index is 1290. The minimum Gasteiger partial charge on any atom is -0.469 e. The molecule has 1 N–H and O–H groups in total. The minimum absolute atomic E-state index is 0.116. The third-order valence-electron chi connectivity index (χ3n) is 5.23. The molecule has 0 saturated heterocycles. The fourth-order valence-electron chi connectivity index (χ4n) is 3.69. The van der Waals surface area contributed by atoms with Gasteiger partial charge in [0.15, 0.2) is 5.69 Å². The molecule has 0 fully saturated rings. The van der Waals surface area contributed by atoms with E-state index < -0.39 is 6.04 Å². The van der Waals surface area contributed by atoms with Crippen molar-refractivity contribution in [3.63, 3.8) is 0 Å². The maximum Gasteiger partial charge on any atom is 0.359 e. The van der Waals surface area contributed by atoms with Crippen molar-refractivity contribution in [3.8, 4) is 22.5 Å². The Morgan fingerprint density at radius 2 is 1.93 bits per heavy atom. The van der Waals surface area contributed by atoms with E-state index in [9.17, 15) is 9.59 Å². The van der Waals surface area contributed by atoms with E-state index in [0.717, 1.165) is 5.56 Å². The SMILES string of the molecule is Cn1cccc(-c2nc(-c3ccccc3)c[n+]3c2NC(Cc2ccco2)C3=O)c1=O. The molecule has 148 valence electrons. The van der Waals surface area contributed by atoms with Gasteiger partial charge >= 0.3 is 11.7 Å². The van der Waals surface area contributed by atoms with Gasteiger partial charge in [0.2, 0.25) is 6.04 Å². The molecule has 0 spiro atoms. The number of carbonyl (C=O) groups excluding carboxylic acids is 1. The van der Waals surface area contributed by atoms with E-state index in [0.29, 0.717) is 35.0 Å². The second-order valence-electron chi connectivity index (χ2n) is 7.22. The molecule has 4 heterocycles. The number of hydrogen-bond acceptors (Lipinski definition) is 5. The number of aryl methyl sites for hydroxylation is 1. The fraction of sp³-hybridized carbons (Fsp3) is 0.130. The van der Waals surface area contributed by atoms with Crippen molar-refractivity contribution in [2.45, 2.75) is 12.5 Å². The summed E-state index contributed by atoms with van der Waals surface area (Å²) in [6.07, 6.45) is 5.40. The Labute approximate surface area is 172 Å². The van der Waals surface area contributed by atoms with Gasteiger partial charge in [-0.05, 0) is 24.3 Å². The van der Waals surface area contributed by atoms with Gasteiger partial charge in [-0.3, -0.25) is 10.1 Å². The van der Waals surface area contributed by atoms with Gasteiger partial charge in [0, 0.05) is 18.8 Å². The summed E-state index contributed by atoms with van der Waals surface area (Å²) in [5.74, 6) is 1.11. The van der Waals surface area contributed by atoms with Crippen LogP contribution in [0.3, 0.4) is 0 Å². The molecule has 7 nitrogen and oxygen atoms in total. The predicted molar refractivity (Wildman–Crippen MR) is 111 cm³/mol. The van der Waals surface area contributed by atoms with Crippen molar-refractivity contribution in [1.29, 1.82) is 0 Å². The Morgan fingerprint density at radius 3 is 2.70 bits per heavy atom. The van der Waals surface area contributed by atoms with Crippen LogP contribution in [0.4, 0.5) is 5.82 Å². The van der Waals surface area contributed by atoms with Crippen molar-refractivity contribution in [2.24, 2.45) is 7.05 Å². The van der Waals surface area contributed by atoms with Gasteiger partial charge in [0.05, 0.1) is 18.2 Å². The molecule has 1 unspecified atom stereocenters. The number of nitrogens with one attached hydrogen (secondary N) is 1. The zero-order valence-electron chi connectivity index (χ0n) is 16.3. The first-order chi connectivity index (χ1) is 14.6. The van der Waals surface area contributed by atoms with Gasteiger partial charge in [-0.15, -0.1) is 0 Å². The normalized spacial score (nSPS) is 15.1. The van der Waals surface area contributed by atoms with Gasteiger partial charge in [-0.25, -0.2) is 9.78 Å². The molecule has 1 aliphatic rings. The van der Waals surface area contributed by atoms with Gasteiger partial charge in [0.25, 0.3) is 5.56 Å². The van der Waals surface area contributed by atoms with Gasteiger partial charge < -0.3 is 8.98 Å². The van der Waals surface area contributed by atoms with Crippen LogP contribution in [0.2, 0.25) is 0 Å².